The van der Waals surface area contributed by atoms with Crippen LogP contribution in [0.5, 0.6) is 5.75 Å². The molecular formula is C21H28O2. The van der Waals surface area contributed by atoms with Gasteiger partial charge in [-0.3, -0.25) is 0 Å². The fourth-order valence-electron chi connectivity index (χ4n) is 3.78. The van der Waals surface area contributed by atoms with Gasteiger partial charge in [0.25, 0.3) is 0 Å². The molecule has 0 radical (unpaired) electrons. The quantitative estimate of drug-likeness (QED) is 0.831. The van der Waals surface area contributed by atoms with Crippen molar-refractivity contribution in [3.8, 4) is 5.75 Å². The highest BCUT2D eigenvalue weighted by Gasteiger charge is 2.30. The van der Waals surface area contributed by atoms with Gasteiger partial charge in [0.1, 0.15) is 5.75 Å². The number of benzene rings is 2. The van der Waals surface area contributed by atoms with E-state index in [1.165, 1.54) is 12.8 Å². The summed E-state index contributed by atoms with van der Waals surface area (Å²) in [4.78, 5) is 0. The fourth-order valence-corrected chi connectivity index (χ4v) is 3.78. The van der Waals surface area contributed by atoms with E-state index in [4.69, 9.17) is 4.74 Å². The molecule has 0 spiro atoms. The van der Waals surface area contributed by atoms with Gasteiger partial charge in [-0.25, -0.2) is 0 Å². The summed E-state index contributed by atoms with van der Waals surface area (Å²) in [5.41, 5.74) is 1.38. The first-order valence-electron chi connectivity index (χ1n) is 8.76. The summed E-state index contributed by atoms with van der Waals surface area (Å²) >= 11 is 0. The fraction of sp³-hybridized carbons (Fsp3) is 0.524. The maximum absolute atomic E-state index is 9.43. The van der Waals surface area contributed by atoms with Crippen molar-refractivity contribution in [1.82, 2.24) is 0 Å². The van der Waals surface area contributed by atoms with Crippen molar-refractivity contribution in [2.75, 3.05) is 0 Å². The zero-order valence-corrected chi connectivity index (χ0v) is 14.5. The molecule has 0 heterocycles. The molecule has 124 valence electrons. The van der Waals surface area contributed by atoms with Crippen LogP contribution in [0, 0.1) is 11.3 Å². The monoisotopic (exact) mass is 312 g/mol. The molecule has 2 aromatic carbocycles. The zero-order chi connectivity index (χ0) is 16.4. The number of ether oxygens (including phenoxy) is 1. The normalized spacial score (nSPS) is 22.3. The molecule has 0 amide bonds. The molecule has 1 fully saturated rings. The summed E-state index contributed by atoms with van der Waals surface area (Å²) in [6.07, 6.45) is 5.16. The van der Waals surface area contributed by atoms with Gasteiger partial charge in [-0.05, 0) is 65.5 Å². The van der Waals surface area contributed by atoms with Crippen molar-refractivity contribution in [3.05, 3.63) is 42.0 Å². The van der Waals surface area contributed by atoms with E-state index in [-0.39, 0.29) is 6.61 Å². The maximum Gasteiger partial charge on any atom is 0.120 e. The molecular weight excluding hydrogens is 284 g/mol. The second kappa shape index (κ2) is 6.52. The second-order valence-electron chi connectivity index (χ2n) is 7.92. The average Bonchev–Trinajstić information content (AvgIpc) is 2.53. The molecule has 1 N–H and O–H groups in total. The van der Waals surface area contributed by atoms with Crippen molar-refractivity contribution in [3.63, 3.8) is 0 Å². The predicted molar refractivity (Wildman–Crippen MR) is 95.7 cm³/mol. The molecule has 1 saturated carbocycles. The van der Waals surface area contributed by atoms with Crippen LogP contribution in [0.1, 0.15) is 52.0 Å². The lowest BCUT2D eigenvalue weighted by molar-refractivity contribution is 0.0883. The predicted octanol–water partition coefficient (Wildman–Crippen LogP) is 5.32. The lowest BCUT2D eigenvalue weighted by Crippen LogP contribution is -2.30. The average molecular weight is 312 g/mol. The van der Waals surface area contributed by atoms with Crippen LogP contribution in [0.4, 0.5) is 0 Å². The molecule has 3 rings (SSSR count). The van der Waals surface area contributed by atoms with Gasteiger partial charge in [-0.1, -0.05) is 45.0 Å². The third kappa shape index (κ3) is 3.69. The van der Waals surface area contributed by atoms with E-state index in [0.29, 0.717) is 11.5 Å². The van der Waals surface area contributed by atoms with Crippen molar-refractivity contribution in [1.29, 1.82) is 0 Å². The van der Waals surface area contributed by atoms with Crippen LogP contribution in [0.3, 0.4) is 0 Å². The summed E-state index contributed by atoms with van der Waals surface area (Å²) in [5.74, 6) is 1.76. The Labute approximate surface area is 139 Å². The smallest absolute Gasteiger partial charge is 0.120 e. The topological polar surface area (TPSA) is 29.5 Å². The number of aliphatic hydroxyl groups is 1. The molecule has 0 bridgehead atoms. The zero-order valence-electron chi connectivity index (χ0n) is 14.5. The van der Waals surface area contributed by atoms with Crippen LogP contribution in [0.25, 0.3) is 10.8 Å². The summed E-state index contributed by atoms with van der Waals surface area (Å²) in [7, 11) is 0. The highest BCUT2D eigenvalue weighted by Crippen LogP contribution is 2.39. The summed E-state index contributed by atoms with van der Waals surface area (Å²) in [6.45, 7) is 7.12. The van der Waals surface area contributed by atoms with E-state index in [0.717, 1.165) is 40.8 Å². The van der Waals surface area contributed by atoms with Gasteiger partial charge >= 0.3 is 0 Å². The number of rotatable bonds is 3. The highest BCUT2D eigenvalue weighted by atomic mass is 16.5. The largest absolute Gasteiger partial charge is 0.490 e. The van der Waals surface area contributed by atoms with Crippen LogP contribution < -0.4 is 4.74 Å². The third-order valence-corrected chi connectivity index (χ3v) is 5.31. The molecule has 0 aliphatic heterocycles. The van der Waals surface area contributed by atoms with Crippen LogP contribution in [0.2, 0.25) is 0 Å². The van der Waals surface area contributed by atoms with Gasteiger partial charge in [-0.15, -0.1) is 0 Å². The maximum atomic E-state index is 9.43. The minimum absolute atomic E-state index is 0.0777. The SMILES string of the molecule is CC(C)(C)[C@H]1CC[C@H](Oc2ccc3c(CO)cccc3c2)CC1. The van der Waals surface area contributed by atoms with E-state index in [9.17, 15) is 5.11 Å². The van der Waals surface area contributed by atoms with E-state index in [1.54, 1.807) is 0 Å². The lowest BCUT2D eigenvalue weighted by Gasteiger charge is -2.37. The number of aliphatic hydroxyl groups excluding tert-OH is 1. The first-order chi connectivity index (χ1) is 11.0. The number of hydrogen-bond donors (Lipinski definition) is 1. The first kappa shape index (κ1) is 16.3. The van der Waals surface area contributed by atoms with E-state index in [2.05, 4.69) is 39.0 Å². The standard InChI is InChI=1S/C21H28O2/c1-21(2,3)17-7-9-18(10-8-17)23-19-11-12-20-15(13-19)5-4-6-16(20)14-22/h4-6,11-13,17-18,22H,7-10,14H2,1-3H3/t17-,18-. The number of fused-ring (bicyclic) bond motifs is 1. The molecule has 0 atom stereocenters. The van der Waals surface area contributed by atoms with Crippen LogP contribution >= 0.6 is 0 Å². The molecule has 0 saturated heterocycles. The molecule has 1 aliphatic rings. The molecule has 23 heavy (non-hydrogen) atoms. The van der Waals surface area contributed by atoms with Crippen LogP contribution in [-0.4, -0.2) is 11.2 Å². The van der Waals surface area contributed by atoms with Crippen molar-refractivity contribution in [2.45, 2.75) is 59.2 Å². The van der Waals surface area contributed by atoms with Gasteiger partial charge in [0, 0.05) is 0 Å². The Morgan fingerprint density at radius 3 is 2.43 bits per heavy atom. The summed E-state index contributed by atoms with van der Waals surface area (Å²) in [5, 5.41) is 11.7. The number of hydrogen-bond acceptors (Lipinski definition) is 2. The second-order valence-corrected chi connectivity index (χ2v) is 7.92. The van der Waals surface area contributed by atoms with Gasteiger partial charge in [0.15, 0.2) is 0 Å². The Kier molecular flexibility index (Phi) is 4.63. The Morgan fingerprint density at radius 1 is 1.04 bits per heavy atom. The molecule has 0 aromatic heterocycles. The summed E-state index contributed by atoms with van der Waals surface area (Å²) < 4.78 is 6.24. The van der Waals surface area contributed by atoms with Gasteiger partial charge < -0.3 is 9.84 Å². The molecule has 2 aromatic rings. The molecule has 1 aliphatic carbocycles. The summed E-state index contributed by atoms with van der Waals surface area (Å²) in [6, 6.07) is 12.2. The van der Waals surface area contributed by atoms with E-state index in [1.807, 2.05) is 18.2 Å². The van der Waals surface area contributed by atoms with Gasteiger partial charge in [0.05, 0.1) is 12.7 Å². The van der Waals surface area contributed by atoms with E-state index >= 15 is 0 Å². The van der Waals surface area contributed by atoms with Crippen molar-refractivity contribution in [2.24, 2.45) is 11.3 Å². The van der Waals surface area contributed by atoms with Crippen molar-refractivity contribution < 1.29 is 9.84 Å². The van der Waals surface area contributed by atoms with E-state index < -0.39 is 0 Å². The molecule has 2 heteroatoms. The van der Waals surface area contributed by atoms with Crippen LogP contribution in [-0.2, 0) is 6.61 Å². The highest BCUT2D eigenvalue weighted by molar-refractivity contribution is 5.86. The Morgan fingerprint density at radius 2 is 1.78 bits per heavy atom. The Hall–Kier alpha value is -1.54. The Bertz CT molecular complexity index is 661. The minimum Gasteiger partial charge on any atom is -0.490 e. The van der Waals surface area contributed by atoms with Gasteiger partial charge in [0.2, 0.25) is 0 Å². The van der Waals surface area contributed by atoms with Gasteiger partial charge in [-0.2, -0.15) is 0 Å². The lowest BCUT2D eigenvalue weighted by atomic mass is 9.72. The van der Waals surface area contributed by atoms with Crippen molar-refractivity contribution >= 4 is 10.8 Å². The molecule has 2 nitrogen and oxygen atoms in total. The van der Waals surface area contributed by atoms with Crippen LogP contribution in [0.15, 0.2) is 36.4 Å². The first-order valence-corrected chi connectivity index (χ1v) is 8.76. The minimum atomic E-state index is 0.0777. The Balaban J connectivity index is 1.68. The third-order valence-electron chi connectivity index (χ3n) is 5.31. The molecule has 0 unspecified atom stereocenters.